The highest BCUT2D eigenvalue weighted by Crippen LogP contribution is 2.35. The van der Waals surface area contributed by atoms with Crippen molar-refractivity contribution >= 4 is 0 Å². The normalized spacial score (nSPS) is 12.6. The molecule has 96 valence electrons. The van der Waals surface area contributed by atoms with Gasteiger partial charge in [-0.15, -0.1) is 0 Å². The molecule has 0 bridgehead atoms. The van der Waals surface area contributed by atoms with E-state index in [1.54, 1.807) is 14.2 Å². The lowest BCUT2D eigenvalue weighted by Crippen LogP contribution is -2.13. The maximum atomic E-state index is 9.49. The lowest BCUT2D eigenvalue weighted by molar-refractivity contribution is 0.236. The van der Waals surface area contributed by atoms with Crippen LogP contribution in [0.2, 0.25) is 0 Å². The molecule has 0 aliphatic carbocycles. The number of methoxy groups -OCH3 is 2. The van der Waals surface area contributed by atoms with Crippen LogP contribution in [0.25, 0.3) is 0 Å². The van der Waals surface area contributed by atoms with Gasteiger partial charge in [0.25, 0.3) is 0 Å². The van der Waals surface area contributed by atoms with Crippen LogP contribution in [0, 0.1) is 12.8 Å². The van der Waals surface area contributed by atoms with Crippen LogP contribution < -0.4 is 9.47 Å². The summed E-state index contributed by atoms with van der Waals surface area (Å²) in [7, 11) is 3.25. The van der Waals surface area contributed by atoms with E-state index >= 15 is 0 Å². The Labute approximate surface area is 103 Å². The van der Waals surface area contributed by atoms with Gasteiger partial charge in [-0.05, 0) is 36.1 Å². The zero-order valence-corrected chi connectivity index (χ0v) is 11.3. The zero-order chi connectivity index (χ0) is 13.0. The number of aryl methyl sites for hydroxylation is 1. The largest absolute Gasteiger partial charge is 0.493 e. The number of ether oxygens (including phenoxy) is 2. The second kappa shape index (κ2) is 5.92. The first-order valence-electron chi connectivity index (χ1n) is 5.88. The van der Waals surface area contributed by atoms with E-state index in [0.29, 0.717) is 11.7 Å². The van der Waals surface area contributed by atoms with Gasteiger partial charge in [0.1, 0.15) is 0 Å². The van der Waals surface area contributed by atoms with Crippen LogP contribution in [0.15, 0.2) is 12.1 Å². The Balaban J connectivity index is 3.24. The molecule has 0 amide bonds. The number of aliphatic hydroxyl groups excluding tert-OH is 1. The molecule has 3 nitrogen and oxygen atoms in total. The van der Waals surface area contributed by atoms with E-state index in [2.05, 4.69) is 13.8 Å². The summed E-state index contributed by atoms with van der Waals surface area (Å²) in [6.45, 7) is 6.39. The fourth-order valence-electron chi connectivity index (χ4n) is 2.06. The summed E-state index contributed by atoms with van der Waals surface area (Å²) in [5.41, 5.74) is 2.25. The third kappa shape index (κ3) is 2.91. The molecule has 3 heteroatoms. The monoisotopic (exact) mass is 238 g/mol. The summed E-state index contributed by atoms with van der Waals surface area (Å²) < 4.78 is 10.6. The standard InChI is InChI=1S/C14H22O3/c1-9(2)12(8-15)11-7-14(17-5)13(16-4)6-10(11)3/h6-7,9,12,15H,8H2,1-5H3. The Bertz CT molecular complexity index is 372. The van der Waals surface area contributed by atoms with Gasteiger partial charge < -0.3 is 14.6 Å². The first-order valence-corrected chi connectivity index (χ1v) is 5.88. The molecule has 0 aliphatic heterocycles. The molecule has 0 saturated carbocycles. The topological polar surface area (TPSA) is 38.7 Å². The minimum absolute atomic E-state index is 0.134. The van der Waals surface area contributed by atoms with E-state index in [-0.39, 0.29) is 12.5 Å². The quantitative estimate of drug-likeness (QED) is 0.857. The summed E-state index contributed by atoms with van der Waals surface area (Å²) >= 11 is 0. The third-order valence-electron chi connectivity index (χ3n) is 3.17. The summed E-state index contributed by atoms with van der Waals surface area (Å²) in [4.78, 5) is 0. The van der Waals surface area contributed by atoms with Crippen molar-refractivity contribution in [2.45, 2.75) is 26.7 Å². The molecule has 0 heterocycles. The lowest BCUT2D eigenvalue weighted by atomic mass is 9.86. The third-order valence-corrected chi connectivity index (χ3v) is 3.17. The van der Waals surface area contributed by atoms with Crippen molar-refractivity contribution in [1.29, 1.82) is 0 Å². The van der Waals surface area contributed by atoms with Gasteiger partial charge in [0, 0.05) is 5.92 Å². The van der Waals surface area contributed by atoms with Gasteiger partial charge in [0.05, 0.1) is 20.8 Å². The zero-order valence-electron chi connectivity index (χ0n) is 11.3. The Kier molecular flexibility index (Phi) is 4.82. The molecule has 1 unspecified atom stereocenters. The number of hydrogen-bond donors (Lipinski definition) is 1. The van der Waals surface area contributed by atoms with Gasteiger partial charge in [-0.3, -0.25) is 0 Å². The van der Waals surface area contributed by atoms with Crippen molar-refractivity contribution in [2.75, 3.05) is 20.8 Å². The van der Waals surface area contributed by atoms with Crippen molar-refractivity contribution in [1.82, 2.24) is 0 Å². The van der Waals surface area contributed by atoms with Gasteiger partial charge >= 0.3 is 0 Å². The molecule has 17 heavy (non-hydrogen) atoms. The molecule has 0 fully saturated rings. The van der Waals surface area contributed by atoms with Crippen molar-refractivity contribution in [3.05, 3.63) is 23.3 Å². The van der Waals surface area contributed by atoms with Crippen molar-refractivity contribution in [2.24, 2.45) is 5.92 Å². The highest BCUT2D eigenvalue weighted by atomic mass is 16.5. The molecule has 1 atom stereocenters. The average molecular weight is 238 g/mol. The maximum absolute atomic E-state index is 9.49. The summed E-state index contributed by atoms with van der Waals surface area (Å²) in [6.07, 6.45) is 0. The first-order chi connectivity index (χ1) is 8.04. The Morgan fingerprint density at radius 2 is 1.65 bits per heavy atom. The number of benzene rings is 1. The van der Waals surface area contributed by atoms with Crippen molar-refractivity contribution in [3.8, 4) is 11.5 Å². The summed E-state index contributed by atoms with van der Waals surface area (Å²) in [5, 5.41) is 9.49. The SMILES string of the molecule is COc1cc(C)c(C(CO)C(C)C)cc1OC. The molecular weight excluding hydrogens is 216 g/mol. The van der Waals surface area contributed by atoms with Crippen LogP contribution in [0.4, 0.5) is 0 Å². The van der Waals surface area contributed by atoms with Crippen LogP contribution in [0.3, 0.4) is 0 Å². The molecule has 1 rings (SSSR count). The van der Waals surface area contributed by atoms with E-state index in [0.717, 1.165) is 16.9 Å². The molecule has 1 aromatic rings. The predicted octanol–water partition coefficient (Wildman–Crippen LogP) is 2.74. The second-order valence-electron chi connectivity index (χ2n) is 4.60. The van der Waals surface area contributed by atoms with Gasteiger partial charge in [-0.25, -0.2) is 0 Å². The molecule has 0 radical (unpaired) electrons. The predicted molar refractivity (Wildman–Crippen MR) is 68.9 cm³/mol. The summed E-state index contributed by atoms with van der Waals surface area (Å²) in [5.74, 6) is 1.97. The fraction of sp³-hybridized carbons (Fsp3) is 0.571. The van der Waals surface area contributed by atoms with Gasteiger partial charge in [0.15, 0.2) is 11.5 Å². The lowest BCUT2D eigenvalue weighted by Gasteiger charge is -2.22. The average Bonchev–Trinajstić information content (AvgIpc) is 2.31. The molecule has 0 saturated heterocycles. The van der Waals surface area contributed by atoms with Crippen LogP contribution in [-0.4, -0.2) is 25.9 Å². The number of aliphatic hydroxyl groups is 1. The Morgan fingerprint density at radius 1 is 1.12 bits per heavy atom. The first kappa shape index (κ1) is 13.8. The van der Waals surface area contributed by atoms with Gasteiger partial charge in [0.2, 0.25) is 0 Å². The molecular formula is C14H22O3. The van der Waals surface area contributed by atoms with Crippen LogP contribution in [0.1, 0.15) is 30.9 Å². The number of hydrogen-bond acceptors (Lipinski definition) is 3. The molecule has 1 aromatic carbocycles. The van der Waals surface area contributed by atoms with Crippen LogP contribution in [0.5, 0.6) is 11.5 Å². The minimum atomic E-state index is 0.134. The highest BCUT2D eigenvalue weighted by molar-refractivity contribution is 5.48. The van der Waals surface area contributed by atoms with E-state index < -0.39 is 0 Å². The smallest absolute Gasteiger partial charge is 0.161 e. The highest BCUT2D eigenvalue weighted by Gasteiger charge is 2.19. The van der Waals surface area contributed by atoms with E-state index in [1.807, 2.05) is 19.1 Å². The van der Waals surface area contributed by atoms with Crippen molar-refractivity contribution < 1.29 is 14.6 Å². The molecule has 1 N–H and O–H groups in total. The Hall–Kier alpha value is -1.22. The fourth-order valence-corrected chi connectivity index (χ4v) is 2.06. The second-order valence-corrected chi connectivity index (χ2v) is 4.60. The minimum Gasteiger partial charge on any atom is -0.493 e. The van der Waals surface area contributed by atoms with E-state index in [1.165, 1.54) is 0 Å². The molecule has 0 aromatic heterocycles. The summed E-state index contributed by atoms with van der Waals surface area (Å²) in [6, 6.07) is 3.92. The number of rotatable bonds is 5. The molecule has 0 spiro atoms. The van der Waals surface area contributed by atoms with E-state index in [9.17, 15) is 5.11 Å². The maximum Gasteiger partial charge on any atom is 0.161 e. The van der Waals surface area contributed by atoms with Crippen LogP contribution in [-0.2, 0) is 0 Å². The van der Waals surface area contributed by atoms with Crippen LogP contribution >= 0.6 is 0 Å². The van der Waals surface area contributed by atoms with Crippen molar-refractivity contribution in [3.63, 3.8) is 0 Å². The Morgan fingerprint density at radius 3 is 2.06 bits per heavy atom. The molecule has 0 aliphatic rings. The van der Waals surface area contributed by atoms with Gasteiger partial charge in [-0.1, -0.05) is 13.8 Å². The van der Waals surface area contributed by atoms with E-state index in [4.69, 9.17) is 9.47 Å². The van der Waals surface area contributed by atoms with Gasteiger partial charge in [-0.2, -0.15) is 0 Å².